The summed E-state index contributed by atoms with van der Waals surface area (Å²) in [6.07, 6.45) is -5.72. The molecule has 0 saturated carbocycles. The second-order valence-corrected chi connectivity index (χ2v) is 6.16. The maximum absolute atomic E-state index is 12.3. The molecule has 0 fully saturated rings. The van der Waals surface area contributed by atoms with Gasteiger partial charge >= 0.3 is 6.18 Å². The van der Waals surface area contributed by atoms with E-state index in [1.807, 2.05) is 4.72 Å². The Hall–Kier alpha value is -1.48. The van der Waals surface area contributed by atoms with Crippen LogP contribution in [0.15, 0.2) is 23.1 Å². The lowest BCUT2D eigenvalue weighted by Gasteiger charge is -2.17. The van der Waals surface area contributed by atoms with Gasteiger partial charge in [-0.1, -0.05) is 0 Å². The molecule has 0 spiro atoms. The van der Waals surface area contributed by atoms with Crippen molar-refractivity contribution >= 4 is 15.7 Å². The molecule has 3 N–H and O–H groups in total. The van der Waals surface area contributed by atoms with Crippen LogP contribution in [0.3, 0.4) is 0 Å². The van der Waals surface area contributed by atoms with Crippen molar-refractivity contribution in [1.82, 2.24) is 4.72 Å². The van der Waals surface area contributed by atoms with Gasteiger partial charge < -0.3 is 10.5 Å². The van der Waals surface area contributed by atoms with Gasteiger partial charge in [-0.25, -0.2) is 13.1 Å². The molecular weight excluding hydrogens is 309 g/mol. The smallest absolute Gasteiger partial charge is 0.390 e. The van der Waals surface area contributed by atoms with E-state index in [4.69, 9.17) is 10.5 Å². The molecule has 21 heavy (non-hydrogen) atoms. The summed E-state index contributed by atoms with van der Waals surface area (Å²) in [6.45, 7) is 3.01. The van der Waals surface area contributed by atoms with Crippen molar-refractivity contribution in [3.05, 3.63) is 18.2 Å². The second kappa shape index (κ2) is 6.52. The SMILES string of the molecule is CCOc1ccc(N)cc1S(=O)(=O)NC(C)CC(F)(F)F. The fraction of sp³-hybridized carbons (Fsp3) is 0.500. The van der Waals surface area contributed by atoms with E-state index < -0.39 is 28.7 Å². The number of ether oxygens (including phenoxy) is 1. The zero-order chi connectivity index (χ0) is 16.3. The number of sulfonamides is 1. The van der Waals surface area contributed by atoms with Crippen LogP contribution in [-0.2, 0) is 10.0 Å². The number of rotatable bonds is 6. The molecule has 0 aliphatic heterocycles. The molecule has 0 saturated heterocycles. The number of hydrogen-bond acceptors (Lipinski definition) is 4. The third-order valence-corrected chi connectivity index (χ3v) is 4.06. The van der Waals surface area contributed by atoms with Gasteiger partial charge in [0.15, 0.2) is 0 Å². The van der Waals surface area contributed by atoms with Gasteiger partial charge in [0.1, 0.15) is 10.6 Å². The van der Waals surface area contributed by atoms with Gasteiger partial charge in [-0.05, 0) is 32.0 Å². The van der Waals surface area contributed by atoms with Gasteiger partial charge in [-0.15, -0.1) is 0 Å². The maximum Gasteiger partial charge on any atom is 0.390 e. The number of halogens is 3. The minimum absolute atomic E-state index is 0.0402. The summed E-state index contributed by atoms with van der Waals surface area (Å²) in [7, 11) is -4.16. The lowest BCUT2D eigenvalue weighted by molar-refractivity contribution is -0.137. The van der Waals surface area contributed by atoms with E-state index in [0.717, 1.165) is 13.0 Å². The summed E-state index contributed by atoms with van der Waals surface area (Å²) in [4.78, 5) is -0.279. The number of nitrogen functional groups attached to an aromatic ring is 1. The molecule has 9 heteroatoms. The van der Waals surface area contributed by atoms with E-state index >= 15 is 0 Å². The van der Waals surface area contributed by atoms with Crippen molar-refractivity contribution in [1.29, 1.82) is 0 Å². The average molecular weight is 326 g/mol. The molecule has 1 aromatic rings. The Morgan fingerprint density at radius 2 is 2.00 bits per heavy atom. The molecule has 5 nitrogen and oxygen atoms in total. The Bertz CT molecular complexity index is 588. The monoisotopic (exact) mass is 326 g/mol. The van der Waals surface area contributed by atoms with Crippen LogP contribution in [0.1, 0.15) is 20.3 Å². The number of benzene rings is 1. The molecule has 0 amide bonds. The Morgan fingerprint density at radius 3 is 2.52 bits per heavy atom. The van der Waals surface area contributed by atoms with Crippen LogP contribution in [0.2, 0.25) is 0 Å². The van der Waals surface area contributed by atoms with E-state index in [2.05, 4.69) is 0 Å². The van der Waals surface area contributed by atoms with E-state index in [9.17, 15) is 21.6 Å². The molecule has 0 heterocycles. The standard InChI is InChI=1S/C12H17F3N2O3S/c1-3-20-10-5-4-9(16)6-11(10)21(18,19)17-8(2)7-12(13,14)15/h4-6,8,17H,3,7,16H2,1-2H3. The van der Waals surface area contributed by atoms with Crippen LogP contribution >= 0.6 is 0 Å². The van der Waals surface area contributed by atoms with Gasteiger partial charge in [0.05, 0.1) is 13.0 Å². The molecule has 0 aromatic heterocycles. The maximum atomic E-state index is 12.3. The molecular formula is C12H17F3N2O3S. The van der Waals surface area contributed by atoms with Gasteiger partial charge in [0.25, 0.3) is 0 Å². The lowest BCUT2D eigenvalue weighted by atomic mass is 10.2. The molecule has 0 aliphatic carbocycles. The first-order chi connectivity index (χ1) is 9.55. The molecule has 1 atom stereocenters. The van der Waals surface area contributed by atoms with Crippen LogP contribution in [-0.4, -0.2) is 27.2 Å². The van der Waals surface area contributed by atoms with Crippen LogP contribution in [0.25, 0.3) is 0 Å². The van der Waals surface area contributed by atoms with E-state index in [-0.39, 0.29) is 22.9 Å². The highest BCUT2D eigenvalue weighted by molar-refractivity contribution is 7.89. The van der Waals surface area contributed by atoms with Crippen LogP contribution in [0, 0.1) is 0 Å². The minimum Gasteiger partial charge on any atom is -0.492 e. The van der Waals surface area contributed by atoms with Crippen molar-refractivity contribution < 1.29 is 26.3 Å². The largest absolute Gasteiger partial charge is 0.492 e. The van der Waals surface area contributed by atoms with E-state index in [1.54, 1.807) is 6.92 Å². The fourth-order valence-electron chi connectivity index (χ4n) is 1.73. The summed E-state index contributed by atoms with van der Waals surface area (Å²) in [5, 5.41) is 0. The first kappa shape index (κ1) is 17.6. The predicted octanol–water partition coefficient (Wildman–Crippen LogP) is 2.29. The van der Waals surface area contributed by atoms with Crippen molar-refractivity contribution in [2.45, 2.75) is 37.4 Å². The Kier molecular flexibility index (Phi) is 5.46. The third-order valence-electron chi connectivity index (χ3n) is 2.45. The predicted molar refractivity (Wildman–Crippen MR) is 72.5 cm³/mol. The number of anilines is 1. The molecule has 1 unspecified atom stereocenters. The third kappa shape index (κ3) is 5.43. The summed E-state index contributed by atoms with van der Waals surface area (Å²) >= 11 is 0. The Morgan fingerprint density at radius 1 is 1.38 bits per heavy atom. The highest BCUT2D eigenvalue weighted by atomic mass is 32.2. The van der Waals surface area contributed by atoms with Gasteiger partial charge in [0, 0.05) is 11.7 Å². The minimum atomic E-state index is -4.46. The van der Waals surface area contributed by atoms with Crippen LogP contribution in [0.4, 0.5) is 18.9 Å². The lowest BCUT2D eigenvalue weighted by Crippen LogP contribution is -2.36. The van der Waals surface area contributed by atoms with Gasteiger partial charge in [-0.3, -0.25) is 0 Å². The number of hydrogen-bond donors (Lipinski definition) is 2. The first-order valence-corrected chi connectivity index (χ1v) is 7.65. The van der Waals surface area contributed by atoms with Gasteiger partial charge in [0.2, 0.25) is 10.0 Å². The van der Waals surface area contributed by atoms with E-state index in [0.29, 0.717) is 0 Å². The van der Waals surface area contributed by atoms with Crippen molar-refractivity contribution in [3.8, 4) is 5.75 Å². The molecule has 120 valence electrons. The van der Waals surface area contributed by atoms with Crippen molar-refractivity contribution in [2.24, 2.45) is 0 Å². The summed E-state index contributed by atoms with van der Waals surface area (Å²) in [6, 6.07) is 2.66. The Labute approximate surface area is 121 Å². The number of nitrogens with one attached hydrogen (secondary N) is 1. The molecule has 1 aromatic carbocycles. The van der Waals surface area contributed by atoms with Crippen molar-refractivity contribution in [3.63, 3.8) is 0 Å². The average Bonchev–Trinajstić information content (AvgIpc) is 2.28. The summed E-state index contributed by atoms with van der Waals surface area (Å²) < 4.78 is 68.3. The fourth-order valence-corrected chi connectivity index (χ4v) is 3.15. The molecule has 0 aliphatic rings. The van der Waals surface area contributed by atoms with E-state index in [1.165, 1.54) is 12.1 Å². The first-order valence-electron chi connectivity index (χ1n) is 6.16. The highest BCUT2D eigenvalue weighted by Gasteiger charge is 2.32. The normalized spacial score (nSPS) is 14.0. The second-order valence-electron chi connectivity index (χ2n) is 4.48. The quantitative estimate of drug-likeness (QED) is 0.786. The topological polar surface area (TPSA) is 81.4 Å². The van der Waals surface area contributed by atoms with Crippen molar-refractivity contribution in [2.75, 3.05) is 12.3 Å². The van der Waals surface area contributed by atoms with Crippen LogP contribution < -0.4 is 15.2 Å². The highest BCUT2D eigenvalue weighted by Crippen LogP contribution is 2.27. The summed E-state index contributed by atoms with van der Waals surface area (Å²) in [5.74, 6) is 0.0402. The summed E-state index contributed by atoms with van der Waals surface area (Å²) in [5.41, 5.74) is 5.69. The molecule has 1 rings (SSSR count). The zero-order valence-corrected chi connectivity index (χ0v) is 12.4. The van der Waals surface area contributed by atoms with Crippen LogP contribution in [0.5, 0.6) is 5.75 Å². The zero-order valence-electron chi connectivity index (χ0n) is 11.6. The molecule has 0 radical (unpaired) electrons. The van der Waals surface area contributed by atoms with Gasteiger partial charge in [-0.2, -0.15) is 13.2 Å². The Balaban J connectivity index is 3.05. The number of nitrogens with two attached hydrogens (primary N) is 1. The number of alkyl halides is 3. The molecule has 0 bridgehead atoms.